The third kappa shape index (κ3) is 2.69. The lowest BCUT2D eigenvalue weighted by molar-refractivity contribution is 0.388. The lowest BCUT2D eigenvalue weighted by atomic mass is 9.73. The minimum atomic E-state index is -1.20. The Hall–Kier alpha value is 0.465. The lowest BCUT2D eigenvalue weighted by Crippen LogP contribution is -2.22. The summed E-state index contributed by atoms with van der Waals surface area (Å²) in [5, 5.41) is 17.0. The van der Waals surface area contributed by atoms with E-state index in [1.54, 1.807) is 6.92 Å². The van der Waals surface area contributed by atoms with Crippen LogP contribution in [0, 0.1) is 0 Å². The van der Waals surface area contributed by atoms with Gasteiger partial charge < -0.3 is 10.0 Å². The first-order valence-corrected chi connectivity index (χ1v) is 3.47. The number of halogens is 1. The molecule has 2 atom stereocenters. The molecule has 0 aromatic rings. The van der Waals surface area contributed by atoms with E-state index in [1.165, 1.54) is 0 Å². The van der Waals surface area contributed by atoms with Crippen LogP contribution in [-0.4, -0.2) is 22.0 Å². The third-order valence-corrected chi connectivity index (χ3v) is 2.03. The highest BCUT2D eigenvalue weighted by Gasteiger charge is 2.21. The van der Waals surface area contributed by atoms with Crippen LogP contribution in [0.15, 0.2) is 0 Å². The highest BCUT2D eigenvalue weighted by atomic mass is 79.9. The summed E-state index contributed by atoms with van der Waals surface area (Å²) in [7, 11) is -1.20. The van der Waals surface area contributed by atoms with Gasteiger partial charge in [-0.1, -0.05) is 29.8 Å². The van der Waals surface area contributed by atoms with Crippen LogP contribution < -0.4 is 0 Å². The maximum absolute atomic E-state index is 8.52. The second-order valence-electron chi connectivity index (χ2n) is 1.95. The van der Waals surface area contributed by atoms with Crippen LogP contribution >= 0.6 is 15.9 Å². The highest BCUT2D eigenvalue weighted by molar-refractivity contribution is 9.09. The second kappa shape index (κ2) is 3.48. The van der Waals surface area contributed by atoms with E-state index in [9.17, 15) is 0 Å². The van der Waals surface area contributed by atoms with Crippen LogP contribution in [0.25, 0.3) is 0 Å². The molecule has 1 unspecified atom stereocenters. The van der Waals surface area contributed by atoms with E-state index in [1.807, 2.05) is 6.92 Å². The van der Waals surface area contributed by atoms with Gasteiger partial charge in [0.15, 0.2) is 0 Å². The molecule has 0 fully saturated rings. The number of rotatable bonds is 2. The zero-order valence-electron chi connectivity index (χ0n) is 5.00. The van der Waals surface area contributed by atoms with E-state index in [0.29, 0.717) is 0 Å². The summed E-state index contributed by atoms with van der Waals surface area (Å²) in [6.07, 6.45) is 0. The molecule has 0 aromatic carbocycles. The SMILES string of the molecule is CC(Br)[C@@H](C)B(O)O. The molecule has 0 rings (SSSR count). The summed E-state index contributed by atoms with van der Waals surface area (Å²) in [4.78, 5) is 0.155. The van der Waals surface area contributed by atoms with Gasteiger partial charge in [-0.05, 0) is 0 Å². The van der Waals surface area contributed by atoms with Gasteiger partial charge in [-0.15, -0.1) is 0 Å². The molecule has 0 heterocycles. The predicted molar refractivity (Wildman–Crippen MR) is 38.0 cm³/mol. The van der Waals surface area contributed by atoms with Crippen LogP contribution in [-0.2, 0) is 0 Å². The molecular formula is C4H10BBrO2. The molecule has 4 heteroatoms. The molecule has 0 aliphatic carbocycles. The lowest BCUT2D eigenvalue weighted by Gasteiger charge is -2.10. The Labute approximate surface area is 58.2 Å². The van der Waals surface area contributed by atoms with Gasteiger partial charge in [0.1, 0.15) is 0 Å². The summed E-state index contributed by atoms with van der Waals surface area (Å²) in [5.74, 6) is -0.102. The Morgan fingerprint density at radius 3 is 1.75 bits per heavy atom. The van der Waals surface area contributed by atoms with Crippen LogP contribution in [0.3, 0.4) is 0 Å². The largest absolute Gasteiger partial charge is 0.455 e. The fourth-order valence-electron chi connectivity index (χ4n) is 0.237. The van der Waals surface area contributed by atoms with Crippen LogP contribution in [0.5, 0.6) is 0 Å². The van der Waals surface area contributed by atoms with E-state index in [2.05, 4.69) is 15.9 Å². The van der Waals surface area contributed by atoms with Crippen molar-refractivity contribution in [2.45, 2.75) is 24.5 Å². The highest BCUT2D eigenvalue weighted by Crippen LogP contribution is 2.17. The smallest absolute Gasteiger partial charge is 0.427 e. The third-order valence-electron chi connectivity index (χ3n) is 1.19. The molecule has 0 bridgehead atoms. The summed E-state index contributed by atoms with van der Waals surface area (Å²) >= 11 is 3.22. The number of hydrogen-bond acceptors (Lipinski definition) is 2. The first-order chi connectivity index (χ1) is 3.55. The average Bonchev–Trinajstić information content (AvgIpc) is 1.64. The van der Waals surface area contributed by atoms with Gasteiger partial charge in [-0.3, -0.25) is 0 Å². The molecule has 0 amide bonds. The van der Waals surface area contributed by atoms with Crippen molar-refractivity contribution in [2.75, 3.05) is 0 Å². The first-order valence-electron chi connectivity index (χ1n) is 2.56. The fraction of sp³-hybridized carbons (Fsp3) is 1.00. The summed E-state index contributed by atoms with van der Waals surface area (Å²) in [5.41, 5.74) is 0. The number of alkyl halides is 1. The molecular weight excluding hydrogens is 171 g/mol. The molecule has 8 heavy (non-hydrogen) atoms. The van der Waals surface area contributed by atoms with Crippen molar-refractivity contribution in [3.8, 4) is 0 Å². The molecule has 0 aliphatic rings. The van der Waals surface area contributed by atoms with Crippen LogP contribution in [0.1, 0.15) is 13.8 Å². The predicted octanol–water partition coefficient (Wildman–Crippen LogP) is 0.633. The maximum atomic E-state index is 8.52. The van der Waals surface area contributed by atoms with Crippen molar-refractivity contribution in [2.24, 2.45) is 0 Å². The van der Waals surface area contributed by atoms with Crippen molar-refractivity contribution in [1.82, 2.24) is 0 Å². The Kier molecular flexibility index (Phi) is 3.69. The van der Waals surface area contributed by atoms with Gasteiger partial charge in [0, 0.05) is 10.6 Å². The molecule has 0 radical (unpaired) electrons. The molecule has 0 saturated heterocycles. The van der Waals surface area contributed by atoms with Crippen molar-refractivity contribution in [1.29, 1.82) is 0 Å². The molecule has 2 nitrogen and oxygen atoms in total. The summed E-state index contributed by atoms with van der Waals surface area (Å²) in [6.45, 7) is 3.65. The zero-order chi connectivity index (χ0) is 6.73. The van der Waals surface area contributed by atoms with Gasteiger partial charge in [0.2, 0.25) is 0 Å². The standard InChI is InChI=1S/C4H10BBrO2/c1-3(4(2)6)5(7)8/h3-4,7-8H,1-2H3/t3-,4?/m1/s1. The van der Waals surface area contributed by atoms with Crippen LogP contribution in [0.2, 0.25) is 5.82 Å². The fourth-order valence-corrected chi connectivity index (χ4v) is 0.510. The van der Waals surface area contributed by atoms with E-state index >= 15 is 0 Å². The Morgan fingerprint density at radius 1 is 1.38 bits per heavy atom. The quantitative estimate of drug-likeness (QED) is 0.484. The van der Waals surface area contributed by atoms with Crippen molar-refractivity contribution >= 4 is 23.0 Å². The van der Waals surface area contributed by atoms with E-state index < -0.39 is 7.12 Å². The van der Waals surface area contributed by atoms with Gasteiger partial charge in [0.05, 0.1) is 0 Å². The summed E-state index contributed by atoms with van der Waals surface area (Å²) < 4.78 is 0. The number of hydrogen-bond donors (Lipinski definition) is 2. The van der Waals surface area contributed by atoms with Gasteiger partial charge in [-0.2, -0.15) is 0 Å². The van der Waals surface area contributed by atoms with Crippen molar-refractivity contribution in [3.63, 3.8) is 0 Å². The Bertz CT molecular complexity index is 59.1. The Morgan fingerprint density at radius 2 is 1.75 bits per heavy atom. The topological polar surface area (TPSA) is 40.5 Å². The molecule has 48 valence electrons. The van der Waals surface area contributed by atoms with E-state index in [0.717, 1.165) is 0 Å². The van der Waals surface area contributed by atoms with E-state index in [-0.39, 0.29) is 10.6 Å². The van der Waals surface area contributed by atoms with Gasteiger partial charge in [0.25, 0.3) is 0 Å². The minimum Gasteiger partial charge on any atom is -0.427 e. The molecule has 0 saturated carbocycles. The molecule has 0 spiro atoms. The second-order valence-corrected chi connectivity index (χ2v) is 3.39. The molecule has 0 aromatic heterocycles. The normalized spacial score (nSPS) is 17.6. The molecule has 2 N–H and O–H groups in total. The van der Waals surface area contributed by atoms with Crippen molar-refractivity contribution < 1.29 is 10.0 Å². The average molecular weight is 181 g/mol. The van der Waals surface area contributed by atoms with Crippen LogP contribution in [0.4, 0.5) is 0 Å². The van der Waals surface area contributed by atoms with E-state index in [4.69, 9.17) is 10.0 Å². The Balaban J connectivity index is 3.46. The minimum absolute atomic E-state index is 0.102. The van der Waals surface area contributed by atoms with Gasteiger partial charge >= 0.3 is 7.12 Å². The monoisotopic (exact) mass is 180 g/mol. The maximum Gasteiger partial charge on any atom is 0.455 e. The van der Waals surface area contributed by atoms with Gasteiger partial charge in [-0.25, -0.2) is 0 Å². The van der Waals surface area contributed by atoms with Crippen molar-refractivity contribution in [3.05, 3.63) is 0 Å². The zero-order valence-corrected chi connectivity index (χ0v) is 6.59. The molecule has 0 aliphatic heterocycles. The summed E-state index contributed by atoms with van der Waals surface area (Å²) in [6, 6.07) is 0. The first kappa shape index (κ1) is 8.46.